The highest BCUT2D eigenvalue weighted by Crippen LogP contribution is 2.34. The molecule has 0 bridgehead atoms. The standard InChI is InChI=1S/C12H15NO4/c14-7-6-13-5-4-9-10(13)2-1-3-11(9)17-8-12(15)16/h1-3,14H,4-8H2,(H,15,16)/p-1. The van der Waals surface area contributed by atoms with Gasteiger partial charge in [-0.25, -0.2) is 0 Å². The molecule has 5 nitrogen and oxygen atoms in total. The third-order valence-corrected chi connectivity index (χ3v) is 2.80. The largest absolute Gasteiger partial charge is 0.546 e. The molecule has 0 atom stereocenters. The van der Waals surface area contributed by atoms with Gasteiger partial charge in [-0.3, -0.25) is 0 Å². The molecule has 92 valence electrons. The Hall–Kier alpha value is -1.75. The molecule has 0 amide bonds. The van der Waals surface area contributed by atoms with Crippen LogP contribution >= 0.6 is 0 Å². The first-order chi connectivity index (χ1) is 8.22. The van der Waals surface area contributed by atoms with Gasteiger partial charge in [-0.05, 0) is 18.6 Å². The van der Waals surface area contributed by atoms with Crippen LogP contribution < -0.4 is 14.7 Å². The van der Waals surface area contributed by atoms with Gasteiger partial charge in [-0.2, -0.15) is 0 Å². The zero-order valence-corrected chi connectivity index (χ0v) is 9.39. The number of benzene rings is 1. The Morgan fingerprint density at radius 2 is 2.35 bits per heavy atom. The molecule has 5 heteroatoms. The maximum Gasteiger partial charge on any atom is 0.128 e. The molecule has 1 aromatic carbocycles. The molecule has 0 radical (unpaired) electrons. The lowest BCUT2D eigenvalue weighted by Gasteiger charge is -2.18. The number of carboxylic acids is 1. The number of fused-ring (bicyclic) bond motifs is 1. The number of carbonyl (C=O) groups is 1. The number of aliphatic carboxylic acids is 1. The van der Waals surface area contributed by atoms with Crippen LogP contribution in [0.1, 0.15) is 5.56 Å². The Morgan fingerprint density at radius 3 is 3.06 bits per heavy atom. The molecular formula is C12H14NO4-. The van der Waals surface area contributed by atoms with Gasteiger partial charge >= 0.3 is 0 Å². The van der Waals surface area contributed by atoms with Crippen molar-refractivity contribution >= 4 is 11.7 Å². The smallest absolute Gasteiger partial charge is 0.128 e. The summed E-state index contributed by atoms with van der Waals surface area (Å²) in [5, 5.41) is 19.3. The van der Waals surface area contributed by atoms with Crippen molar-refractivity contribution in [2.45, 2.75) is 6.42 Å². The Kier molecular flexibility index (Phi) is 3.49. The molecule has 0 fully saturated rings. The number of rotatable bonds is 5. The van der Waals surface area contributed by atoms with Crippen LogP contribution in [-0.4, -0.2) is 37.4 Å². The third-order valence-electron chi connectivity index (χ3n) is 2.80. The minimum atomic E-state index is -1.23. The Labute approximate surface area is 99.2 Å². The lowest BCUT2D eigenvalue weighted by atomic mass is 10.1. The van der Waals surface area contributed by atoms with Crippen LogP contribution in [0.3, 0.4) is 0 Å². The molecule has 17 heavy (non-hydrogen) atoms. The van der Waals surface area contributed by atoms with Crippen LogP contribution in [0.25, 0.3) is 0 Å². The highest BCUT2D eigenvalue weighted by Gasteiger charge is 2.21. The number of carbonyl (C=O) groups excluding carboxylic acids is 1. The number of hydrogen-bond acceptors (Lipinski definition) is 5. The van der Waals surface area contributed by atoms with E-state index < -0.39 is 12.6 Å². The van der Waals surface area contributed by atoms with Crippen LogP contribution in [0, 0.1) is 0 Å². The second-order valence-corrected chi connectivity index (χ2v) is 3.88. The van der Waals surface area contributed by atoms with Gasteiger partial charge < -0.3 is 24.6 Å². The van der Waals surface area contributed by atoms with Crippen LogP contribution in [0.4, 0.5) is 5.69 Å². The monoisotopic (exact) mass is 236 g/mol. The summed E-state index contributed by atoms with van der Waals surface area (Å²) in [5.41, 5.74) is 2.01. The van der Waals surface area contributed by atoms with Crippen LogP contribution in [0.15, 0.2) is 18.2 Å². The van der Waals surface area contributed by atoms with Gasteiger partial charge in [0.15, 0.2) is 0 Å². The molecular weight excluding hydrogens is 222 g/mol. The van der Waals surface area contributed by atoms with Gasteiger partial charge in [0.1, 0.15) is 12.4 Å². The fraction of sp³-hybridized carbons (Fsp3) is 0.417. The van der Waals surface area contributed by atoms with Crippen molar-refractivity contribution in [2.24, 2.45) is 0 Å². The zero-order chi connectivity index (χ0) is 12.3. The third kappa shape index (κ3) is 2.50. The van der Waals surface area contributed by atoms with Crippen LogP contribution in [0.2, 0.25) is 0 Å². The van der Waals surface area contributed by atoms with Crippen molar-refractivity contribution in [3.05, 3.63) is 23.8 Å². The molecule has 1 aromatic rings. The number of carboxylic acid groups (broad SMARTS) is 1. The van der Waals surface area contributed by atoms with Crippen LogP contribution in [-0.2, 0) is 11.2 Å². The van der Waals surface area contributed by atoms with Gasteiger partial charge in [-0.1, -0.05) is 6.07 Å². The van der Waals surface area contributed by atoms with Gasteiger partial charge in [-0.15, -0.1) is 0 Å². The summed E-state index contributed by atoms with van der Waals surface area (Å²) in [4.78, 5) is 12.4. The zero-order valence-electron chi connectivity index (χ0n) is 9.39. The fourth-order valence-electron chi connectivity index (χ4n) is 2.09. The Bertz CT molecular complexity index is 419. The Balaban J connectivity index is 2.17. The number of β-amino-alcohol motifs (C(OH)–C–C–N with tert-alkyl or cyclic N) is 1. The van der Waals surface area contributed by atoms with Gasteiger partial charge in [0.2, 0.25) is 0 Å². The molecule has 1 aliphatic rings. The SMILES string of the molecule is O=C([O-])COc1cccc2c1CCN2CCO. The normalized spacial score (nSPS) is 13.6. The van der Waals surface area contributed by atoms with E-state index in [-0.39, 0.29) is 6.61 Å². The number of nitrogens with zero attached hydrogens (tertiary/aromatic N) is 1. The van der Waals surface area contributed by atoms with Gasteiger partial charge in [0.05, 0.1) is 12.6 Å². The minimum Gasteiger partial charge on any atom is -0.546 e. The van der Waals surface area contributed by atoms with Crippen molar-refractivity contribution in [3.63, 3.8) is 0 Å². The number of aliphatic hydroxyl groups is 1. The predicted molar refractivity (Wildman–Crippen MR) is 59.9 cm³/mol. The van der Waals surface area contributed by atoms with Crippen molar-refractivity contribution in [3.8, 4) is 5.75 Å². The quantitative estimate of drug-likeness (QED) is 0.722. The number of ether oxygens (including phenoxy) is 1. The summed E-state index contributed by atoms with van der Waals surface area (Å²) in [6, 6.07) is 5.52. The summed E-state index contributed by atoms with van der Waals surface area (Å²) in [5.74, 6) is -0.639. The maximum absolute atomic E-state index is 10.4. The van der Waals surface area contributed by atoms with E-state index in [9.17, 15) is 9.90 Å². The first kappa shape index (κ1) is 11.7. The van der Waals surface area contributed by atoms with Crippen LogP contribution in [0.5, 0.6) is 5.75 Å². The van der Waals surface area contributed by atoms with E-state index >= 15 is 0 Å². The van der Waals surface area contributed by atoms with Gasteiger partial charge in [0.25, 0.3) is 0 Å². The highest BCUT2D eigenvalue weighted by molar-refractivity contribution is 5.67. The van der Waals surface area contributed by atoms with E-state index in [1.165, 1.54) is 0 Å². The molecule has 0 unspecified atom stereocenters. The van der Waals surface area contributed by atoms with E-state index in [4.69, 9.17) is 9.84 Å². The molecule has 0 aliphatic carbocycles. The predicted octanol–water partition coefficient (Wildman–Crippen LogP) is -0.830. The summed E-state index contributed by atoms with van der Waals surface area (Å²) < 4.78 is 5.19. The van der Waals surface area contributed by atoms with E-state index in [1.807, 2.05) is 12.1 Å². The molecule has 0 spiro atoms. The number of aliphatic hydroxyl groups excluding tert-OH is 1. The number of anilines is 1. The summed E-state index contributed by atoms with van der Waals surface area (Å²) in [6.07, 6.45) is 0.804. The van der Waals surface area contributed by atoms with Crippen molar-refractivity contribution in [1.29, 1.82) is 0 Å². The summed E-state index contributed by atoms with van der Waals surface area (Å²) in [6.45, 7) is 1.07. The first-order valence-corrected chi connectivity index (χ1v) is 5.52. The second-order valence-electron chi connectivity index (χ2n) is 3.88. The van der Waals surface area contributed by atoms with E-state index in [2.05, 4.69) is 4.90 Å². The first-order valence-electron chi connectivity index (χ1n) is 5.52. The minimum absolute atomic E-state index is 0.101. The molecule has 2 rings (SSSR count). The average Bonchev–Trinajstić information content (AvgIpc) is 2.71. The topological polar surface area (TPSA) is 72.8 Å². The Morgan fingerprint density at radius 1 is 1.53 bits per heavy atom. The molecule has 0 aromatic heterocycles. The van der Waals surface area contributed by atoms with Crippen molar-refractivity contribution in [1.82, 2.24) is 0 Å². The lowest BCUT2D eigenvalue weighted by Crippen LogP contribution is -2.29. The molecule has 1 heterocycles. The fourth-order valence-corrected chi connectivity index (χ4v) is 2.09. The lowest BCUT2D eigenvalue weighted by molar-refractivity contribution is -0.307. The molecule has 0 saturated carbocycles. The van der Waals surface area contributed by atoms with E-state index in [0.29, 0.717) is 12.3 Å². The number of hydrogen-bond donors (Lipinski definition) is 1. The highest BCUT2D eigenvalue weighted by atomic mass is 16.5. The maximum atomic E-state index is 10.4. The summed E-state index contributed by atoms with van der Waals surface area (Å²) >= 11 is 0. The average molecular weight is 236 g/mol. The van der Waals surface area contributed by atoms with E-state index in [0.717, 1.165) is 24.2 Å². The molecule has 0 saturated heterocycles. The van der Waals surface area contributed by atoms with E-state index in [1.54, 1.807) is 6.07 Å². The van der Waals surface area contributed by atoms with Gasteiger partial charge in [0, 0.05) is 24.3 Å². The van der Waals surface area contributed by atoms with Crippen molar-refractivity contribution < 1.29 is 19.7 Å². The summed E-state index contributed by atoms with van der Waals surface area (Å²) in [7, 11) is 0. The molecule has 1 aliphatic heterocycles. The molecule has 1 N–H and O–H groups in total. The second kappa shape index (κ2) is 5.05. The van der Waals surface area contributed by atoms with Crippen molar-refractivity contribution in [2.75, 3.05) is 31.2 Å².